The summed E-state index contributed by atoms with van der Waals surface area (Å²) >= 11 is 0. The molecule has 2 rings (SSSR count). The number of piperidine rings is 1. The maximum Gasteiger partial charge on any atom is 0.161 e. The van der Waals surface area contributed by atoms with Crippen molar-refractivity contribution in [2.24, 2.45) is 5.92 Å². The largest absolute Gasteiger partial charge is 0.371 e. The van der Waals surface area contributed by atoms with E-state index in [0.29, 0.717) is 11.5 Å². The highest BCUT2D eigenvalue weighted by Crippen LogP contribution is 2.27. The predicted molar refractivity (Wildman–Crippen MR) is 67.0 cm³/mol. The molecule has 1 aliphatic heterocycles. The molecular formula is C14H18FNO. The van der Waals surface area contributed by atoms with Crippen LogP contribution in [0.5, 0.6) is 0 Å². The fourth-order valence-corrected chi connectivity index (χ4v) is 2.47. The Labute approximate surface area is 101 Å². The van der Waals surface area contributed by atoms with Crippen molar-refractivity contribution in [1.29, 1.82) is 0 Å². The van der Waals surface area contributed by atoms with E-state index in [-0.39, 0.29) is 11.6 Å². The van der Waals surface area contributed by atoms with E-state index in [1.54, 1.807) is 6.07 Å². The number of Topliss-reactive ketones (excluding diaryl/α,β-unsaturated/α-hetero) is 1. The van der Waals surface area contributed by atoms with Crippen LogP contribution < -0.4 is 4.90 Å². The van der Waals surface area contributed by atoms with Crippen LogP contribution in [0.15, 0.2) is 18.2 Å². The molecule has 0 saturated carbocycles. The van der Waals surface area contributed by atoms with Crippen LogP contribution in [-0.2, 0) is 0 Å². The summed E-state index contributed by atoms with van der Waals surface area (Å²) in [7, 11) is 0. The number of nitrogens with zero attached hydrogens (tertiary/aromatic N) is 1. The number of carbonyl (C=O) groups is 1. The van der Waals surface area contributed by atoms with E-state index >= 15 is 0 Å². The van der Waals surface area contributed by atoms with Gasteiger partial charge in [0.2, 0.25) is 0 Å². The Kier molecular flexibility index (Phi) is 3.46. The zero-order chi connectivity index (χ0) is 12.4. The first-order valence-corrected chi connectivity index (χ1v) is 6.13. The molecule has 17 heavy (non-hydrogen) atoms. The van der Waals surface area contributed by atoms with Gasteiger partial charge in [-0.1, -0.05) is 6.92 Å². The maximum absolute atomic E-state index is 13.2. The van der Waals surface area contributed by atoms with Gasteiger partial charge in [0.25, 0.3) is 0 Å². The van der Waals surface area contributed by atoms with Gasteiger partial charge in [-0.2, -0.15) is 0 Å². The van der Waals surface area contributed by atoms with E-state index in [1.165, 1.54) is 25.5 Å². The summed E-state index contributed by atoms with van der Waals surface area (Å²) in [4.78, 5) is 13.7. The molecule has 1 aromatic rings. The lowest BCUT2D eigenvalue weighted by molar-refractivity contribution is 0.101. The number of hydrogen-bond acceptors (Lipinski definition) is 2. The molecule has 1 fully saturated rings. The molecule has 1 heterocycles. The summed E-state index contributed by atoms with van der Waals surface area (Å²) in [5.41, 5.74) is 1.38. The smallest absolute Gasteiger partial charge is 0.161 e. The van der Waals surface area contributed by atoms with E-state index in [1.807, 2.05) is 0 Å². The first-order chi connectivity index (χ1) is 8.08. The summed E-state index contributed by atoms with van der Waals surface area (Å²) in [6, 6.07) is 4.50. The molecule has 0 spiro atoms. The van der Waals surface area contributed by atoms with Gasteiger partial charge >= 0.3 is 0 Å². The molecule has 0 N–H and O–H groups in total. The minimum atomic E-state index is -0.344. The van der Waals surface area contributed by atoms with E-state index in [2.05, 4.69) is 11.8 Å². The zero-order valence-electron chi connectivity index (χ0n) is 10.4. The highest BCUT2D eigenvalue weighted by atomic mass is 19.1. The van der Waals surface area contributed by atoms with Crippen LogP contribution in [0, 0.1) is 11.7 Å². The van der Waals surface area contributed by atoms with E-state index in [4.69, 9.17) is 0 Å². The summed E-state index contributed by atoms with van der Waals surface area (Å²) < 4.78 is 13.2. The summed E-state index contributed by atoms with van der Waals surface area (Å²) in [5, 5.41) is 0. The average Bonchev–Trinajstić information content (AvgIpc) is 2.28. The molecule has 0 amide bonds. The summed E-state index contributed by atoms with van der Waals surface area (Å²) in [6.45, 7) is 5.61. The maximum atomic E-state index is 13.2. The molecule has 2 nitrogen and oxygen atoms in total. The van der Waals surface area contributed by atoms with Crippen LogP contribution in [0.25, 0.3) is 0 Å². The fraction of sp³-hybridized carbons (Fsp3) is 0.500. The van der Waals surface area contributed by atoms with Crippen LogP contribution in [0.2, 0.25) is 0 Å². The van der Waals surface area contributed by atoms with Gasteiger partial charge in [0.05, 0.1) is 0 Å². The van der Waals surface area contributed by atoms with Gasteiger partial charge in [0, 0.05) is 24.3 Å². The highest BCUT2D eigenvalue weighted by molar-refractivity contribution is 5.99. The second-order valence-electron chi connectivity index (χ2n) is 4.91. The van der Waals surface area contributed by atoms with Crippen molar-refractivity contribution in [3.8, 4) is 0 Å². The number of ketones is 1. The second-order valence-corrected chi connectivity index (χ2v) is 4.91. The molecule has 0 aliphatic carbocycles. The average molecular weight is 235 g/mol. The molecule has 0 bridgehead atoms. The summed E-state index contributed by atoms with van der Waals surface area (Å²) in [6.07, 6.45) is 2.36. The Morgan fingerprint density at radius 1 is 1.47 bits per heavy atom. The van der Waals surface area contributed by atoms with E-state index in [9.17, 15) is 9.18 Å². The van der Waals surface area contributed by atoms with Crippen LogP contribution >= 0.6 is 0 Å². The van der Waals surface area contributed by atoms with Gasteiger partial charge < -0.3 is 4.90 Å². The lowest BCUT2D eigenvalue weighted by atomic mass is 9.98. The molecule has 1 atom stereocenters. The number of anilines is 1. The van der Waals surface area contributed by atoms with Crippen LogP contribution in [0.4, 0.5) is 10.1 Å². The topological polar surface area (TPSA) is 20.3 Å². The number of halogens is 1. The lowest BCUT2D eigenvalue weighted by Gasteiger charge is -2.33. The predicted octanol–water partition coefficient (Wildman–Crippen LogP) is 3.26. The number of rotatable bonds is 2. The van der Waals surface area contributed by atoms with Crippen molar-refractivity contribution in [2.45, 2.75) is 26.7 Å². The van der Waals surface area contributed by atoms with Crippen molar-refractivity contribution < 1.29 is 9.18 Å². The third kappa shape index (κ3) is 2.65. The van der Waals surface area contributed by atoms with Crippen LogP contribution in [0.1, 0.15) is 37.0 Å². The molecule has 0 radical (unpaired) electrons. The third-order valence-electron chi connectivity index (χ3n) is 3.34. The fourth-order valence-electron chi connectivity index (χ4n) is 2.47. The molecular weight excluding hydrogens is 217 g/mol. The normalized spacial score (nSPS) is 20.4. The third-order valence-corrected chi connectivity index (χ3v) is 3.34. The van der Waals surface area contributed by atoms with Gasteiger partial charge in [-0.05, 0) is 43.9 Å². The molecule has 1 unspecified atom stereocenters. The van der Waals surface area contributed by atoms with Gasteiger partial charge in [-0.25, -0.2) is 4.39 Å². The Balaban J connectivity index is 2.33. The molecule has 92 valence electrons. The summed E-state index contributed by atoms with van der Waals surface area (Å²) in [5.74, 6) is 0.218. The van der Waals surface area contributed by atoms with E-state index < -0.39 is 0 Å². The van der Waals surface area contributed by atoms with Gasteiger partial charge in [-0.3, -0.25) is 4.79 Å². The SMILES string of the molecule is CC(=O)c1cc(F)ccc1N1CCCC(C)C1. The van der Waals surface area contributed by atoms with E-state index in [0.717, 1.165) is 25.2 Å². The first kappa shape index (κ1) is 12.1. The molecule has 3 heteroatoms. The van der Waals surface area contributed by atoms with Crippen molar-refractivity contribution in [3.63, 3.8) is 0 Å². The van der Waals surface area contributed by atoms with Crippen molar-refractivity contribution in [2.75, 3.05) is 18.0 Å². The second kappa shape index (κ2) is 4.86. The monoisotopic (exact) mass is 235 g/mol. The van der Waals surface area contributed by atoms with Gasteiger partial charge in [0.1, 0.15) is 5.82 Å². The molecule has 1 aromatic carbocycles. The lowest BCUT2D eigenvalue weighted by Crippen LogP contribution is -2.35. The van der Waals surface area contributed by atoms with Gasteiger partial charge in [-0.15, -0.1) is 0 Å². The first-order valence-electron chi connectivity index (χ1n) is 6.13. The minimum absolute atomic E-state index is 0.0715. The quantitative estimate of drug-likeness (QED) is 0.733. The Hall–Kier alpha value is -1.38. The number of benzene rings is 1. The standard InChI is InChI=1S/C14H18FNO/c1-10-4-3-7-16(9-10)14-6-5-12(15)8-13(14)11(2)17/h5-6,8,10H,3-4,7,9H2,1-2H3. The van der Waals surface area contributed by atoms with Crippen molar-refractivity contribution in [3.05, 3.63) is 29.6 Å². The van der Waals surface area contributed by atoms with Crippen LogP contribution in [0.3, 0.4) is 0 Å². The number of hydrogen-bond donors (Lipinski definition) is 0. The van der Waals surface area contributed by atoms with Crippen LogP contribution in [-0.4, -0.2) is 18.9 Å². The Bertz CT molecular complexity index is 430. The zero-order valence-corrected chi connectivity index (χ0v) is 10.4. The molecule has 1 saturated heterocycles. The highest BCUT2D eigenvalue weighted by Gasteiger charge is 2.20. The minimum Gasteiger partial charge on any atom is -0.371 e. The molecule has 1 aliphatic rings. The Morgan fingerprint density at radius 2 is 2.24 bits per heavy atom. The van der Waals surface area contributed by atoms with Crippen molar-refractivity contribution >= 4 is 11.5 Å². The molecule has 0 aromatic heterocycles. The Morgan fingerprint density at radius 3 is 2.88 bits per heavy atom. The number of carbonyl (C=O) groups excluding carboxylic acids is 1. The van der Waals surface area contributed by atoms with Gasteiger partial charge in [0.15, 0.2) is 5.78 Å². The van der Waals surface area contributed by atoms with Crippen molar-refractivity contribution in [1.82, 2.24) is 0 Å².